The van der Waals surface area contributed by atoms with Crippen LogP contribution in [0.3, 0.4) is 0 Å². The maximum absolute atomic E-state index is 11.3. The molecule has 0 aromatic heterocycles. The lowest BCUT2D eigenvalue weighted by molar-refractivity contribution is 0.481. The van der Waals surface area contributed by atoms with Crippen molar-refractivity contribution in [3.05, 3.63) is 28.3 Å². The molecule has 1 aromatic carbocycles. The van der Waals surface area contributed by atoms with Crippen LogP contribution in [0.4, 0.5) is 0 Å². The summed E-state index contributed by atoms with van der Waals surface area (Å²) in [6.45, 7) is 9.02. The molecule has 98 valence electrons. The van der Waals surface area contributed by atoms with Gasteiger partial charge in [-0.1, -0.05) is 26.8 Å². The fourth-order valence-corrected chi connectivity index (χ4v) is 3.05. The normalized spacial score (nSPS) is 12.3. The first-order valence-electron chi connectivity index (χ1n) is 5.52. The second-order valence-electron chi connectivity index (χ2n) is 5.41. The second-order valence-corrected chi connectivity index (χ2v) is 6.77. The Bertz CT molecular complexity index is 632. The molecule has 0 saturated carbocycles. The number of nitrogens with zero attached hydrogens (tertiary/aromatic N) is 1. The lowest BCUT2D eigenvalue weighted by atomic mass is 9.81. The SMILES string of the molecule is Cc1cc(C(C)(C)C)c(C#N)c(C)c1S(=O)(=O)O. The summed E-state index contributed by atoms with van der Waals surface area (Å²) in [5.74, 6) is 0. The molecule has 0 spiro atoms. The van der Waals surface area contributed by atoms with Crippen molar-refractivity contribution in [3.8, 4) is 6.07 Å². The Balaban J connectivity index is 3.85. The smallest absolute Gasteiger partial charge is 0.282 e. The Morgan fingerprint density at radius 2 is 1.78 bits per heavy atom. The molecule has 0 aliphatic heterocycles. The molecule has 0 bridgehead atoms. The minimum Gasteiger partial charge on any atom is -0.282 e. The van der Waals surface area contributed by atoms with Crippen LogP contribution in [-0.2, 0) is 15.5 Å². The predicted octanol–water partition coefficient (Wildman–Crippen LogP) is 2.72. The van der Waals surface area contributed by atoms with Crippen LogP contribution in [0.5, 0.6) is 0 Å². The van der Waals surface area contributed by atoms with Crippen molar-refractivity contribution in [1.29, 1.82) is 5.26 Å². The summed E-state index contributed by atoms with van der Waals surface area (Å²) in [5, 5.41) is 9.22. The predicted molar refractivity (Wildman–Crippen MR) is 69.1 cm³/mol. The molecule has 0 saturated heterocycles. The van der Waals surface area contributed by atoms with E-state index in [1.165, 1.54) is 0 Å². The van der Waals surface area contributed by atoms with Crippen molar-refractivity contribution >= 4 is 10.1 Å². The third kappa shape index (κ3) is 2.55. The highest BCUT2D eigenvalue weighted by Crippen LogP contribution is 2.33. The molecule has 0 atom stereocenters. The van der Waals surface area contributed by atoms with Gasteiger partial charge >= 0.3 is 0 Å². The molecule has 0 radical (unpaired) electrons. The fraction of sp³-hybridized carbons (Fsp3) is 0.462. The third-order valence-electron chi connectivity index (χ3n) is 2.88. The van der Waals surface area contributed by atoms with E-state index >= 15 is 0 Å². The van der Waals surface area contributed by atoms with Gasteiger partial charge < -0.3 is 0 Å². The molecule has 1 N–H and O–H groups in total. The molecule has 0 fully saturated rings. The minimum absolute atomic E-state index is 0.160. The average Bonchev–Trinajstić information content (AvgIpc) is 2.13. The number of aryl methyl sites for hydroxylation is 1. The highest BCUT2D eigenvalue weighted by atomic mass is 32.2. The number of rotatable bonds is 1. The van der Waals surface area contributed by atoms with Gasteiger partial charge in [-0.15, -0.1) is 0 Å². The van der Waals surface area contributed by atoms with Gasteiger partial charge in [-0.2, -0.15) is 13.7 Å². The Morgan fingerprint density at radius 1 is 1.28 bits per heavy atom. The molecule has 0 amide bonds. The van der Waals surface area contributed by atoms with Gasteiger partial charge in [-0.3, -0.25) is 4.55 Å². The summed E-state index contributed by atoms with van der Waals surface area (Å²) < 4.78 is 31.9. The van der Waals surface area contributed by atoms with Gasteiger partial charge in [0.25, 0.3) is 10.1 Å². The van der Waals surface area contributed by atoms with Crippen molar-refractivity contribution in [2.45, 2.75) is 44.9 Å². The lowest BCUT2D eigenvalue weighted by Crippen LogP contribution is -2.17. The third-order valence-corrected chi connectivity index (χ3v) is 4.03. The van der Waals surface area contributed by atoms with Crippen LogP contribution < -0.4 is 0 Å². The van der Waals surface area contributed by atoms with Gasteiger partial charge in [0.2, 0.25) is 0 Å². The van der Waals surface area contributed by atoms with E-state index in [4.69, 9.17) is 0 Å². The van der Waals surface area contributed by atoms with Crippen LogP contribution >= 0.6 is 0 Å². The Labute approximate surface area is 108 Å². The zero-order valence-corrected chi connectivity index (χ0v) is 12.0. The molecular formula is C13H17NO3S. The molecule has 4 nitrogen and oxygen atoms in total. The summed E-state index contributed by atoms with van der Waals surface area (Å²) in [4.78, 5) is -0.160. The first-order valence-corrected chi connectivity index (χ1v) is 6.96. The first-order chi connectivity index (χ1) is 8.00. The van der Waals surface area contributed by atoms with Crippen molar-refractivity contribution in [2.75, 3.05) is 0 Å². The summed E-state index contributed by atoms with van der Waals surface area (Å²) in [5.41, 5.74) is 1.61. The van der Waals surface area contributed by atoms with E-state index in [1.807, 2.05) is 26.8 Å². The zero-order chi connectivity index (χ0) is 14.3. The van der Waals surface area contributed by atoms with E-state index in [2.05, 4.69) is 0 Å². The molecule has 0 heterocycles. The average molecular weight is 267 g/mol. The van der Waals surface area contributed by atoms with Crippen LogP contribution in [-0.4, -0.2) is 13.0 Å². The van der Waals surface area contributed by atoms with Crippen LogP contribution in [0.15, 0.2) is 11.0 Å². The quantitative estimate of drug-likeness (QED) is 0.793. The van der Waals surface area contributed by atoms with E-state index in [-0.39, 0.29) is 10.3 Å². The number of hydrogen-bond acceptors (Lipinski definition) is 3. The minimum atomic E-state index is -4.31. The Kier molecular flexibility index (Phi) is 3.57. The highest BCUT2D eigenvalue weighted by molar-refractivity contribution is 7.86. The number of nitriles is 1. The zero-order valence-electron chi connectivity index (χ0n) is 11.2. The summed E-state index contributed by atoms with van der Waals surface area (Å²) in [7, 11) is -4.31. The van der Waals surface area contributed by atoms with E-state index in [1.54, 1.807) is 19.9 Å². The lowest BCUT2D eigenvalue weighted by Gasteiger charge is -2.23. The van der Waals surface area contributed by atoms with Gasteiger partial charge in [-0.25, -0.2) is 0 Å². The fourth-order valence-electron chi connectivity index (χ4n) is 2.10. The van der Waals surface area contributed by atoms with E-state index in [0.29, 0.717) is 16.7 Å². The first kappa shape index (κ1) is 14.7. The molecular weight excluding hydrogens is 250 g/mol. The van der Waals surface area contributed by atoms with Gasteiger partial charge in [-0.05, 0) is 36.0 Å². The molecule has 5 heteroatoms. The van der Waals surface area contributed by atoms with Crippen LogP contribution in [0.2, 0.25) is 0 Å². The van der Waals surface area contributed by atoms with Gasteiger partial charge in [0, 0.05) is 0 Å². The maximum Gasteiger partial charge on any atom is 0.295 e. The molecule has 18 heavy (non-hydrogen) atoms. The molecule has 0 aliphatic rings. The maximum atomic E-state index is 11.3. The van der Waals surface area contributed by atoms with Crippen molar-refractivity contribution < 1.29 is 13.0 Å². The van der Waals surface area contributed by atoms with Crippen molar-refractivity contribution in [1.82, 2.24) is 0 Å². The molecule has 0 unspecified atom stereocenters. The van der Waals surface area contributed by atoms with Crippen LogP contribution in [0, 0.1) is 25.2 Å². The van der Waals surface area contributed by atoms with Crippen molar-refractivity contribution in [2.24, 2.45) is 0 Å². The standard InChI is InChI=1S/C13H17NO3S/c1-8-6-11(13(3,4)5)10(7-14)9(2)12(8)18(15,16)17/h6H,1-5H3,(H,15,16,17). The summed E-state index contributed by atoms with van der Waals surface area (Å²) in [6.07, 6.45) is 0. The summed E-state index contributed by atoms with van der Waals surface area (Å²) in [6, 6.07) is 3.70. The van der Waals surface area contributed by atoms with Gasteiger partial charge in [0.05, 0.1) is 11.6 Å². The number of hydrogen-bond donors (Lipinski definition) is 1. The van der Waals surface area contributed by atoms with Gasteiger partial charge in [0.15, 0.2) is 0 Å². The molecule has 1 aromatic rings. The van der Waals surface area contributed by atoms with E-state index in [0.717, 1.165) is 5.56 Å². The number of benzene rings is 1. The van der Waals surface area contributed by atoms with Crippen LogP contribution in [0.25, 0.3) is 0 Å². The molecule has 0 aliphatic carbocycles. The van der Waals surface area contributed by atoms with E-state index in [9.17, 15) is 18.2 Å². The molecule has 1 rings (SSSR count). The van der Waals surface area contributed by atoms with Crippen molar-refractivity contribution in [3.63, 3.8) is 0 Å². The topological polar surface area (TPSA) is 78.2 Å². The van der Waals surface area contributed by atoms with Gasteiger partial charge in [0.1, 0.15) is 4.90 Å². The largest absolute Gasteiger partial charge is 0.295 e. The second kappa shape index (κ2) is 4.38. The summed E-state index contributed by atoms with van der Waals surface area (Å²) >= 11 is 0. The monoisotopic (exact) mass is 267 g/mol. The van der Waals surface area contributed by atoms with Crippen LogP contribution in [0.1, 0.15) is 43.0 Å². The van der Waals surface area contributed by atoms with E-state index < -0.39 is 10.1 Å². The Morgan fingerprint density at radius 3 is 2.11 bits per heavy atom. The highest BCUT2D eigenvalue weighted by Gasteiger charge is 2.26. The Hall–Kier alpha value is -1.38.